The number of aliphatic hydroxyl groups is 1. The second kappa shape index (κ2) is 15.5. The summed E-state index contributed by atoms with van der Waals surface area (Å²) in [5.74, 6) is 1.70. The number of hydrogen-bond acceptors (Lipinski definition) is 10. The molecule has 246 valence electrons. The lowest BCUT2D eigenvalue weighted by molar-refractivity contribution is 0.171. The minimum absolute atomic E-state index is 0.0260. The maximum Gasteiger partial charge on any atom is 0.266 e. The average molecular weight is 680 g/mol. The fraction of sp³-hybridized carbons (Fsp3) is 0.294. The Labute approximate surface area is 278 Å². The Kier molecular flexibility index (Phi) is 11.2. The third-order valence-corrected chi connectivity index (χ3v) is 8.59. The maximum atomic E-state index is 11.4. The van der Waals surface area contributed by atoms with Crippen LogP contribution in [0.2, 0.25) is 5.02 Å². The number of pyridine rings is 1. The SMILES string of the molecule is Cc1c(COc2cc(OCc3cncc(C#N)c3)c(CN(CCO)CCS(=O)(=O)O)cc2Cl)cccc1-c1ccc2c(c1)OCCO2. The number of hydrogen-bond donors (Lipinski definition) is 2. The number of nitrogens with zero attached hydrogens (tertiary/aromatic N) is 3. The van der Waals surface area contributed by atoms with Crippen molar-refractivity contribution in [2.75, 3.05) is 38.7 Å². The van der Waals surface area contributed by atoms with E-state index in [1.807, 2.05) is 43.3 Å². The van der Waals surface area contributed by atoms with E-state index >= 15 is 0 Å². The normalized spacial score (nSPS) is 12.5. The zero-order valence-corrected chi connectivity index (χ0v) is 27.3. The molecular formula is C34H34ClN3O8S. The number of aromatic nitrogens is 1. The molecule has 13 heteroatoms. The summed E-state index contributed by atoms with van der Waals surface area (Å²) in [6, 6.07) is 18.9. The number of aliphatic hydroxyl groups excluding tert-OH is 1. The highest BCUT2D eigenvalue weighted by atomic mass is 35.5. The second-order valence-electron chi connectivity index (χ2n) is 10.9. The molecule has 0 fully saturated rings. The summed E-state index contributed by atoms with van der Waals surface area (Å²) in [4.78, 5) is 5.75. The van der Waals surface area contributed by atoms with E-state index in [0.717, 1.165) is 28.0 Å². The van der Waals surface area contributed by atoms with Crippen molar-refractivity contribution in [2.24, 2.45) is 0 Å². The molecule has 3 aromatic carbocycles. The Morgan fingerprint density at radius 2 is 1.77 bits per heavy atom. The highest BCUT2D eigenvalue weighted by Gasteiger charge is 2.18. The fourth-order valence-electron chi connectivity index (χ4n) is 5.15. The van der Waals surface area contributed by atoms with Gasteiger partial charge in [0.15, 0.2) is 11.5 Å². The van der Waals surface area contributed by atoms with Crippen LogP contribution in [0.1, 0.15) is 27.8 Å². The molecular weight excluding hydrogens is 646 g/mol. The zero-order valence-electron chi connectivity index (χ0n) is 25.7. The molecule has 0 bridgehead atoms. The van der Waals surface area contributed by atoms with E-state index in [0.29, 0.717) is 52.2 Å². The average Bonchev–Trinajstić information content (AvgIpc) is 3.06. The number of halogens is 1. The molecule has 5 rings (SSSR count). The first-order chi connectivity index (χ1) is 22.6. The predicted molar refractivity (Wildman–Crippen MR) is 175 cm³/mol. The van der Waals surface area contributed by atoms with Crippen molar-refractivity contribution in [3.05, 3.63) is 99.8 Å². The molecule has 1 aliphatic rings. The minimum atomic E-state index is -4.22. The van der Waals surface area contributed by atoms with Crippen LogP contribution >= 0.6 is 11.6 Å². The van der Waals surface area contributed by atoms with Crippen molar-refractivity contribution in [3.63, 3.8) is 0 Å². The zero-order chi connectivity index (χ0) is 33.4. The quantitative estimate of drug-likeness (QED) is 0.169. The van der Waals surface area contributed by atoms with Crippen LogP contribution in [0, 0.1) is 18.3 Å². The van der Waals surface area contributed by atoms with E-state index in [1.165, 1.54) is 6.20 Å². The van der Waals surface area contributed by atoms with Crippen molar-refractivity contribution < 1.29 is 37.0 Å². The molecule has 0 amide bonds. The van der Waals surface area contributed by atoms with Gasteiger partial charge in [0.1, 0.15) is 44.0 Å². The summed E-state index contributed by atoms with van der Waals surface area (Å²) in [7, 11) is -4.22. The monoisotopic (exact) mass is 679 g/mol. The van der Waals surface area contributed by atoms with Crippen molar-refractivity contribution in [1.29, 1.82) is 5.26 Å². The summed E-state index contributed by atoms with van der Waals surface area (Å²) >= 11 is 6.71. The van der Waals surface area contributed by atoms with Gasteiger partial charge in [0.2, 0.25) is 0 Å². The molecule has 2 N–H and O–H groups in total. The number of fused-ring (bicyclic) bond motifs is 1. The second-order valence-corrected chi connectivity index (χ2v) is 12.9. The van der Waals surface area contributed by atoms with Gasteiger partial charge < -0.3 is 24.1 Å². The molecule has 0 spiro atoms. The summed E-state index contributed by atoms with van der Waals surface area (Å²) in [6.45, 7) is 3.40. The fourth-order valence-corrected chi connectivity index (χ4v) is 5.88. The lowest BCUT2D eigenvalue weighted by atomic mass is 9.96. The van der Waals surface area contributed by atoms with Crippen LogP contribution in [0.3, 0.4) is 0 Å². The van der Waals surface area contributed by atoms with E-state index in [4.69, 9.17) is 30.5 Å². The molecule has 2 heterocycles. The largest absolute Gasteiger partial charge is 0.488 e. The Balaban J connectivity index is 1.39. The van der Waals surface area contributed by atoms with Crippen LogP contribution < -0.4 is 18.9 Å². The van der Waals surface area contributed by atoms with Gasteiger partial charge >= 0.3 is 0 Å². The summed E-state index contributed by atoms with van der Waals surface area (Å²) in [5.41, 5.74) is 5.64. The van der Waals surface area contributed by atoms with E-state index in [1.54, 1.807) is 29.3 Å². The van der Waals surface area contributed by atoms with Crippen LogP contribution in [0.4, 0.5) is 0 Å². The Bertz CT molecular complexity index is 1880. The predicted octanol–water partition coefficient (Wildman–Crippen LogP) is 5.19. The van der Waals surface area contributed by atoms with Crippen molar-refractivity contribution in [1.82, 2.24) is 9.88 Å². The number of nitriles is 1. The van der Waals surface area contributed by atoms with E-state index < -0.39 is 15.9 Å². The van der Waals surface area contributed by atoms with Crippen LogP contribution in [-0.4, -0.2) is 66.6 Å². The Morgan fingerprint density at radius 3 is 2.53 bits per heavy atom. The van der Waals surface area contributed by atoms with Crippen molar-refractivity contribution in [3.8, 4) is 40.2 Å². The van der Waals surface area contributed by atoms with E-state index in [2.05, 4.69) is 11.1 Å². The van der Waals surface area contributed by atoms with Gasteiger partial charge in [0.25, 0.3) is 10.1 Å². The van der Waals surface area contributed by atoms with Gasteiger partial charge in [0.05, 0.1) is 22.9 Å². The van der Waals surface area contributed by atoms with E-state index in [9.17, 15) is 23.3 Å². The van der Waals surface area contributed by atoms with Gasteiger partial charge in [-0.05, 0) is 53.4 Å². The minimum Gasteiger partial charge on any atom is -0.488 e. The first-order valence-corrected chi connectivity index (χ1v) is 16.8. The molecule has 0 unspecified atom stereocenters. The Hall–Kier alpha value is -4.38. The summed E-state index contributed by atoms with van der Waals surface area (Å²) in [5, 5.41) is 19.1. The lowest BCUT2D eigenvalue weighted by Gasteiger charge is -2.23. The van der Waals surface area contributed by atoms with Gasteiger partial charge in [-0.25, -0.2) is 0 Å². The first kappa shape index (κ1) is 34.0. The van der Waals surface area contributed by atoms with Gasteiger partial charge in [-0.1, -0.05) is 35.9 Å². The van der Waals surface area contributed by atoms with Crippen LogP contribution in [0.25, 0.3) is 11.1 Å². The molecule has 0 radical (unpaired) electrons. The highest BCUT2D eigenvalue weighted by Crippen LogP contribution is 2.38. The third-order valence-electron chi connectivity index (χ3n) is 7.59. The van der Waals surface area contributed by atoms with Crippen LogP contribution in [0.5, 0.6) is 23.0 Å². The molecule has 1 aromatic heterocycles. The van der Waals surface area contributed by atoms with Crippen molar-refractivity contribution >= 4 is 21.7 Å². The van der Waals surface area contributed by atoms with Gasteiger partial charge in [-0.3, -0.25) is 14.4 Å². The number of rotatable bonds is 14. The molecule has 0 saturated carbocycles. The van der Waals surface area contributed by atoms with E-state index in [-0.39, 0.29) is 39.5 Å². The molecule has 0 atom stereocenters. The summed E-state index contributed by atoms with van der Waals surface area (Å²) < 4.78 is 55.9. The Morgan fingerprint density at radius 1 is 0.979 bits per heavy atom. The first-order valence-electron chi connectivity index (χ1n) is 14.8. The molecule has 1 aliphatic heterocycles. The van der Waals surface area contributed by atoms with Crippen LogP contribution in [-0.2, 0) is 29.9 Å². The van der Waals surface area contributed by atoms with Gasteiger partial charge in [0, 0.05) is 49.2 Å². The number of benzene rings is 3. The maximum absolute atomic E-state index is 11.4. The van der Waals surface area contributed by atoms with Crippen LogP contribution in [0.15, 0.2) is 67.0 Å². The summed E-state index contributed by atoms with van der Waals surface area (Å²) in [6.07, 6.45) is 3.05. The molecule has 47 heavy (non-hydrogen) atoms. The van der Waals surface area contributed by atoms with Crippen molar-refractivity contribution in [2.45, 2.75) is 26.7 Å². The molecule has 4 aromatic rings. The lowest BCUT2D eigenvalue weighted by Crippen LogP contribution is -2.31. The molecule has 0 aliphatic carbocycles. The standard InChI is InChI=1S/C34H34ClN3O8S/c1-23-27(3-2-4-29(23)26-5-6-31-34(15-26)44-11-10-43-31)22-46-33-16-32(45-21-25-13-24(17-36)18-37-19-25)28(14-30(33)35)20-38(7-9-39)8-12-47(40,41)42/h2-6,13-16,18-19,39H,7-12,20-22H2,1H3,(H,40,41,42). The molecule has 0 saturated heterocycles. The molecule has 11 nitrogen and oxygen atoms in total. The topological polar surface area (TPSA) is 151 Å². The van der Waals surface area contributed by atoms with Gasteiger partial charge in [-0.15, -0.1) is 0 Å². The van der Waals surface area contributed by atoms with Gasteiger partial charge in [-0.2, -0.15) is 13.7 Å². The smallest absolute Gasteiger partial charge is 0.266 e. The highest BCUT2D eigenvalue weighted by molar-refractivity contribution is 7.85. The third kappa shape index (κ3) is 9.12. The number of ether oxygens (including phenoxy) is 4.